The van der Waals surface area contributed by atoms with Crippen LogP contribution in [-0.4, -0.2) is 32.8 Å². The quantitative estimate of drug-likeness (QED) is 0.849. The van der Waals surface area contributed by atoms with Gasteiger partial charge in [0.05, 0.1) is 7.11 Å². The summed E-state index contributed by atoms with van der Waals surface area (Å²) in [5.41, 5.74) is 2.62. The largest absolute Gasteiger partial charge is 0.497 e. The molecule has 17 heavy (non-hydrogen) atoms. The fourth-order valence-electron chi connectivity index (χ4n) is 2.43. The second-order valence-corrected chi connectivity index (χ2v) is 4.81. The van der Waals surface area contributed by atoms with Crippen LogP contribution in [0.3, 0.4) is 0 Å². The standard InChI is InChI=1S/C14H22N2O/c1-11-9-13(17-3)5-6-14(11)16-8-4-7-15-12(2)10-16/h5-6,9,12,15H,4,7-8,10H2,1-3H3. The van der Waals surface area contributed by atoms with Gasteiger partial charge in [0.2, 0.25) is 0 Å². The fraction of sp³-hybridized carbons (Fsp3) is 0.571. The Labute approximate surface area is 104 Å². The molecule has 0 saturated carbocycles. The van der Waals surface area contributed by atoms with Crippen LogP contribution in [-0.2, 0) is 0 Å². The first kappa shape index (κ1) is 12.2. The van der Waals surface area contributed by atoms with Crippen molar-refractivity contribution in [3.05, 3.63) is 23.8 Å². The lowest BCUT2D eigenvalue weighted by Crippen LogP contribution is -2.35. The minimum Gasteiger partial charge on any atom is -0.497 e. The maximum atomic E-state index is 5.25. The monoisotopic (exact) mass is 234 g/mol. The van der Waals surface area contributed by atoms with Crippen LogP contribution >= 0.6 is 0 Å². The van der Waals surface area contributed by atoms with Crippen LogP contribution in [0, 0.1) is 6.92 Å². The highest BCUT2D eigenvalue weighted by molar-refractivity contribution is 5.56. The van der Waals surface area contributed by atoms with Gasteiger partial charge in [0.1, 0.15) is 5.75 Å². The molecule has 1 aliphatic heterocycles. The normalized spacial score (nSPS) is 21.1. The first-order valence-electron chi connectivity index (χ1n) is 6.33. The van der Waals surface area contributed by atoms with Crippen LogP contribution in [0.15, 0.2) is 18.2 Å². The van der Waals surface area contributed by atoms with E-state index in [0.717, 1.165) is 25.4 Å². The molecule has 1 aliphatic rings. The average Bonchev–Trinajstić information content (AvgIpc) is 2.53. The van der Waals surface area contributed by atoms with Crippen molar-refractivity contribution in [2.45, 2.75) is 26.3 Å². The molecule has 1 aromatic rings. The van der Waals surface area contributed by atoms with Crippen molar-refractivity contribution in [2.75, 3.05) is 31.6 Å². The Hall–Kier alpha value is -1.22. The van der Waals surface area contributed by atoms with E-state index < -0.39 is 0 Å². The van der Waals surface area contributed by atoms with Crippen molar-refractivity contribution in [1.29, 1.82) is 0 Å². The Morgan fingerprint density at radius 1 is 1.41 bits per heavy atom. The molecule has 0 aliphatic carbocycles. The molecule has 1 aromatic carbocycles. The molecule has 2 rings (SSSR count). The van der Waals surface area contributed by atoms with Crippen molar-refractivity contribution < 1.29 is 4.74 Å². The van der Waals surface area contributed by atoms with E-state index in [-0.39, 0.29) is 0 Å². The Morgan fingerprint density at radius 3 is 2.94 bits per heavy atom. The second kappa shape index (κ2) is 5.41. The van der Waals surface area contributed by atoms with Gasteiger partial charge in [-0.25, -0.2) is 0 Å². The number of anilines is 1. The van der Waals surface area contributed by atoms with Crippen molar-refractivity contribution in [2.24, 2.45) is 0 Å². The number of nitrogens with zero attached hydrogens (tertiary/aromatic N) is 1. The molecule has 3 heteroatoms. The van der Waals surface area contributed by atoms with Crippen LogP contribution in [0.4, 0.5) is 5.69 Å². The van der Waals surface area contributed by atoms with E-state index in [1.807, 2.05) is 6.07 Å². The molecule has 0 bridgehead atoms. The highest BCUT2D eigenvalue weighted by atomic mass is 16.5. The van der Waals surface area contributed by atoms with Crippen molar-refractivity contribution >= 4 is 5.69 Å². The zero-order valence-electron chi connectivity index (χ0n) is 11.0. The van der Waals surface area contributed by atoms with Gasteiger partial charge in [-0.1, -0.05) is 0 Å². The van der Waals surface area contributed by atoms with Gasteiger partial charge in [0, 0.05) is 24.8 Å². The first-order chi connectivity index (χ1) is 8.20. The van der Waals surface area contributed by atoms with E-state index >= 15 is 0 Å². The molecule has 3 nitrogen and oxygen atoms in total. The number of ether oxygens (including phenoxy) is 1. The van der Waals surface area contributed by atoms with Crippen LogP contribution in [0.1, 0.15) is 18.9 Å². The molecular weight excluding hydrogens is 212 g/mol. The summed E-state index contributed by atoms with van der Waals surface area (Å²) in [5.74, 6) is 0.937. The van der Waals surface area contributed by atoms with Crippen LogP contribution < -0.4 is 15.0 Å². The van der Waals surface area contributed by atoms with E-state index in [4.69, 9.17) is 4.74 Å². The third-order valence-corrected chi connectivity index (χ3v) is 3.34. The molecule has 0 aromatic heterocycles. The van der Waals surface area contributed by atoms with E-state index in [0.29, 0.717) is 6.04 Å². The van der Waals surface area contributed by atoms with Gasteiger partial charge >= 0.3 is 0 Å². The maximum Gasteiger partial charge on any atom is 0.119 e. The number of nitrogens with one attached hydrogen (secondary N) is 1. The zero-order chi connectivity index (χ0) is 12.3. The van der Waals surface area contributed by atoms with Gasteiger partial charge < -0.3 is 15.0 Å². The van der Waals surface area contributed by atoms with Crippen molar-refractivity contribution in [3.8, 4) is 5.75 Å². The summed E-state index contributed by atoms with van der Waals surface area (Å²) >= 11 is 0. The lowest BCUT2D eigenvalue weighted by molar-refractivity contribution is 0.414. The molecule has 1 N–H and O–H groups in total. The number of hydrogen-bond acceptors (Lipinski definition) is 3. The molecule has 1 heterocycles. The van der Waals surface area contributed by atoms with Gasteiger partial charge in [-0.05, 0) is 50.6 Å². The molecule has 1 saturated heterocycles. The Balaban J connectivity index is 2.20. The van der Waals surface area contributed by atoms with Crippen LogP contribution in [0.5, 0.6) is 5.75 Å². The van der Waals surface area contributed by atoms with Gasteiger partial charge in [0.25, 0.3) is 0 Å². The number of hydrogen-bond donors (Lipinski definition) is 1. The van der Waals surface area contributed by atoms with Gasteiger partial charge in [-0.3, -0.25) is 0 Å². The highest BCUT2D eigenvalue weighted by Gasteiger charge is 2.16. The summed E-state index contributed by atoms with van der Waals surface area (Å²) in [4.78, 5) is 2.47. The van der Waals surface area contributed by atoms with E-state index in [1.165, 1.54) is 17.7 Å². The third-order valence-electron chi connectivity index (χ3n) is 3.34. The van der Waals surface area contributed by atoms with Gasteiger partial charge in [-0.2, -0.15) is 0 Å². The second-order valence-electron chi connectivity index (χ2n) is 4.81. The predicted molar refractivity (Wildman–Crippen MR) is 72.0 cm³/mol. The molecule has 94 valence electrons. The molecular formula is C14H22N2O. The summed E-state index contributed by atoms with van der Waals surface area (Å²) in [6.45, 7) is 7.72. The highest BCUT2D eigenvalue weighted by Crippen LogP contribution is 2.25. The SMILES string of the molecule is COc1ccc(N2CCCNC(C)C2)c(C)c1. The lowest BCUT2D eigenvalue weighted by atomic mass is 10.1. The smallest absolute Gasteiger partial charge is 0.119 e. The van der Waals surface area contributed by atoms with E-state index in [1.54, 1.807) is 7.11 Å². The summed E-state index contributed by atoms with van der Waals surface area (Å²) in [6.07, 6.45) is 1.20. The Morgan fingerprint density at radius 2 is 2.24 bits per heavy atom. The molecule has 0 radical (unpaired) electrons. The summed E-state index contributed by atoms with van der Waals surface area (Å²) in [5, 5.41) is 3.52. The van der Waals surface area contributed by atoms with E-state index in [9.17, 15) is 0 Å². The Bertz CT molecular complexity index is 378. The lowest BCUT2D eigenvalue weighted by Gasteiger charge is -2.26. The topological polar surface area (TPSA) is 24.5 Å². The maximum absolute atomic E-state index is 5.25. The summed E-state index contributed by atoms with van der Waals surface area (Å²) < 4.78 is 5.25. The predicted octanol–water partition coefficient (Wildman–Crippen LogP) is 2.19. The summed E-state index contributed by atoms with van der Waals surface area (Å²) in [6, 6.07) is 6.88. The van der Waals surface area contributed by atoms with Crippen molar-refractivity contribution in [1.82, 2.24) is 5.32 Å². The Kier molecular flexibility index (Phi) is 3.89. The van der Waals surface area contributed by atoms with Gasteiger partial charge in [0.15, 0.2) is 0 Å². The fourth-order valence-corrected chi connectivity index (χ4v) is 2.43. The minimum atomic E-state index is 0.555. The first-order valence-corrected chi connectivity index (χ1v) is 6.33. The van der Waals surface area contributed by atoms with Gasteiger partial charge in [-0.15, -0.1) is 0 Å². The summed E-state index contributed by atoms with van der Waals surface area (Å²) in [7, 11) is 1.71. The van der Waals surface area contributed by atoms with Crippen molar-refractivity contribution in [3.63, 3.8) is 0 Å². The molecule has 1 fully saturated rings. The van der Waals surface area contributed by atoms with Crippen LogP contribution in [0.25, 0.3) is 0 Å². The zero-order valence-corrected chi connectivity index (χ0v) is 11.0. The van der Waals surface area contributed by atoms with Crippen LogP contribution in [0.2, 0.25) is 0 Å². The number of rotatable bonds is 2. The average molecular weight is 234 g/mol. The number of aryl methyl sites for hydroxylation is 1. The molecule has 0 spiro atoms. The van der Waals surface area contributed by atoms with E-state index in [2.05, 4.69) is 36.2 Å². The number of methoxy groups -OCH3 is 1. The third kappa shape index (κ3) is 2.91. The molecule has 1 atom stereocenters. The molecule has 0 amide bonds. The molecule has 1 unspecified atom stereocenters. The minimum absolute atomic E-state index is 0.555. The number of benzene rings is 1.